The third-order valence-corrected chi connectivity index (χ3v) is 5.82. The molecular weight excluding hydrogens is 398 g/mol. The van der Waals surface area contributed by atoms with Gasteiger partial charge in [0.25, 0.3) is 0 Å². The fourth-order valence-electron chi connectivity index (χ4n) is 4.18. The number of nitrogens with zero attached hydrogens (tertiary/aromatic N) is 3. The van der Waals surface area contributed by atoms with Crippen LogP contribution in [0.1, 0.15) is 12.0 Å². The number of ether oxygens (including phenoxy) is 2. The highest BCUT2D eigenvalue weighted by Gasteiger charge is 2.31. The van der Waals surface area contributed by atoms with Crippen LogP contribution in [0.2, 0.25) is 0 Å². The van der Waals surface area contributed by atoms with Gasteiger partial charge >= 0.3 is 11.7 Å². The van der Waals surface area contributed by atoms with E-state index in [9.17, 15) is 9.59 Å². The standard InChI is InChI=1S/C22H29N5O4/c28-21(24-14-20(18-5-10-31-16-18)26-8-11-30-12-9-26)25-19-4-1-3-17(13-19)15-27-7-2-6-23-22(27)29/h1-4,6-7,13,18,20H,5,8-12,14-16H2,(H2,24,25,28)/t18-,20-/m0/s1. The molecule has 1 aromatic heterocycles. The van der Waals surface area contributed by atoms with E-state index in [-0.39, 0.29) is 17.8 Å². The highest BCUT2D eigenvalue weighted by atomic mass is 16.5. The Kier molecular flexibility index (Phi) is 7.29. The number of hydrogen-bond donors (Lipinski definition) is 2. The SMILES string of the molecule is O=C(NC[C@@H]([C@H]1CCOC1)N1CCOCC1)Nc1cccc(Cn2cccnc2=O)c1. The molecule has 9 nitrogen and oxygen atoms in total. The Labute approximate surface area is 181 Å². The van der Waals surface area contributed by atoms with Crippen LogP contribution in [-0.2, 0) is 16.0 Å². The van der Waals surface area contributed by atoms with E-state index in [1.54, 1.807) is 12.3 Å². The fraction of sp³-hybridized carbons (Fsp3) is 0.500. The van der Waals surface area contributed by atoms with Gasteiger partial charge in [0.05, 0.1) is 26.4 Å². The summed E-state index contributed by atoms with van der Waals surface area (Å²) in [6, 6.07) is 9.18. The topological polar surface area (TPSA) is 97.7 Å². The molecule has 2 amide bonds. The van der Waals surface area contributed by atoms with Gasteiger partial charge in [0.15, 0.2) is 0 Å². The molecule has 4 rings (SSSR count). The van der Waals surface area contributed by atoms with Crippen LogP contribution in [0, 0.1) is 5.92 Å². The van der Waals surface area contributed by atoms with Crippen molar-refractivity contribution in [2.45, 2.75) is 19.0 Å². The molecule has 2 N–H and O–H groups in total. The zero-order valence-electron chi connectivity index (χ0n) is 17.5. The first-order valence-corrected chi connectivity index (χ1v) is 10.7. The van der Waals surface area contributed by atoms with Crippen LogP contribution in [0.3, 0.4) is 0 Å². The summed E-state index contributed by atoms with van der Waals surface area (Å²) in [5, 5.41) is 5.93. The summed E-state index contributed by atoms with van der Waals surface area (Å²) in [6.45, 7) is 5.67. The van der Waals surface area contributed by atoms with Crippen LogP contribution in [0.15, 0.2) is 47.5 Å². The molecule has 0 spiro atoms. The predicted octanol–water partition coefficient (Wildman–Crippen LogP) is 1.15. The van der Waals surface area contributed by atoms with Crippen LogP contribution in [-0.4, -0.2) is 72.6 Å². The van der Waals surface area contributed by atoms with E-state index in [2.05, 4.69) is 20.5 Å². The normalized spacial score (nSPS) is 20.3. The fourth-order valence-corrected chi connectivity index (χ4v) is 4.18. The number of hydrogen-bond acceptors (Lipinski definition) is 6. The number of benzene rings is 1. The van der Waals surface area contributed by atoms with Gasteiger partial charge in [-0.15, -0.1) is 0 Å². The maximum absolute atomic E-state index is 12.6. The zero-order valence-corrected chi connectivity index (χ0v) is 17.5. The summed E-state index contributed by atoms with van der Waals surface area (Å²) in [5.41, 5.74) is 1.28. The number of carbonyl (C=O) groups is 1. The second-order valence-electron chi connectivity index (χ2n) is 7.90. The average Bonchev–Trinajstić information content (AvgIpc) is 3.31. The number of anilines is 1. The van der Waals surface area contributed by atoms with Gasteiger partial charge in [-0.05, 0) is 30.2 Å². The molecule has 2 aliphatic heterocycles. The average molecular weight is 428 g/mol. The van der Waals surface area contributed by atoms with E-state index in [0.29, 0.717) is 24.7 Å². The number of rotatable bonds is 7. The van der Waals surface area contributed by atoms with Crippen molar-refractivity contribution in [1.29, 1.82) is 0 Å². The molecule has 166 valence electrons. The molecule has 0 aliphatic carbocycles. The molecule has 2 saturated heterocycles. The summed E-state index contributed by atoms with van der Waals surface area (Å²) in [5.74, 6) is 0.416. The predicted molar refractivity (Wildman–Crippen MR) is 116 cm³/mol. The van der Waals surface area contributed by atoms with Crippen molar-refractivity contribution in [3.05, 3.63) is 58.8 Å². The molecular formula is C22H29N5O4. The highest BCUT2D eigenvalue weighted by molar-refractivity contribution is 5.89. The van der Waals surface area contributed by atoms with Crippen LogP contribution in [0.5, 0.6) is 0 Å². The van der Waals surface area contributed by atoms with Crippen molar-refractivity contribution in [2.75, 3.05) is 51.4 Å². The lowest BCUT2D eigenvalue weighted by molar-refractivity contribution is 0.00222. The molecule has 0 radical (unpaired) electrons. The van der Waals surface area contributed by atoms with Gasteiger partial charge < -0.3 is 20.1 Å². The van der Waals surface area contributed by atoms with Crippen LogP contribution >= 0.6 is 0 Å². The van der Waals surface area contributed by atoms with Crippen LogP contribution in [0.4, 0.5) is 10.5 Å². The van der Waals surface area contributed by atoms with Crippen LogP contribution in [0.25, 0.3) is 0 Å². The molecule has 0 saturated carbocycles. The van der Waals surface area contributed by atoms with Gasteiger partial charge in [0.1, 0.15) is 0 Å². The first-order valence-electron chi connectivity index (χ1n) is 10.7. The van der Waals surface area contributed by atoms with E-state index >= 15 is 0 Å². The maximum atomic E-state index is 12.6. The Bertz CT molecular complexity index is 922. The van der Waals surface area contributed by atoms with E-state index in [4.69, 9.17) is 9.47 Å². The first kappa shape index (κ1) is 21.5. The van der Waals surface area contributed by atoms with Crippen molar-refractivity contribution < 1.29 is 14.3 Å². The largest absolute Gasteiger partial charge is 0.381 e. The number of urea groups is 1. The second-order valence-corrected chi connectivity index (χ2v) is 7.90. The number of amides is 2. The molecule has 31 heavy (non-hydrogen) atoms. The van der Waals surface area contributed by atoms with Crippen molar-refractivity contribution >= 4 is 11.7 Å². The number of aromatic nitrogens is 2. The third kappa shape index (κ3) is 5.90. The lowest BCUT2D eigenvalue weighted by Gasteiger charge is -2.37. The molecule has 0 unspecified atom stereocenters. The molecule has 9 heteroatoms. The van der Waals surface area contributed by atoms with Gasteiger partial charge in [-0.3, -0.25) is 9.47 Å². The zero-order chi connectivity index (χ0) is 21.5. The number of nitrogens with one attached hydrogen (secondary N) is 2. The second kappa shape index (κ2) is 10.5. The monoisotopic (exact) mass is 427 g/mol. The van der Waals surface area contributed by atoms with Crippen molar-refractivity contribution in [1.82, 2.24) is 19.8 Å². The summed E-state index contributed by atoms with van der Waals surface area (Å²) in [7, 11) is 0. The first-order chi connectivity index (χ1) is 15.2. The molecule has 3 heterocycles. The van der Waals surface area contributed by atoms with Crippen molar-refractivity contribution in [3.8, 4) is 0 Å². The Morgan fingerprint density at radius 1 is 1.19 bits per heavy atom. The lowest BCUT2D eigenvalue weighted by Crippen LogP contribution is -2.52. The van der Waals surface area contributed by atoms with Gasteiger partial charge in [0, 0.05) is 56.3 Å². The molecule has 0 bridgehead atoms. The maximum Gasteiger partial charge on any atom is 0.347 e. The van der Waals surface area contributed by atoms with Gasteiger partial charge in [-0.25, -0.2) is 14.6 Å². The van der Waals surface area contributed by atoms with Gasteiger partial charge in [-0.2, -0.15) is 0 Å². The van der Waals surface area contributed by atoms with Crippen LogP contribution < -0.4 is 16.3 Å². The molecule has 2 fully saturated rings. The van der Waals surface area contributed by atoms with E-state index in [0.717, 1.165) is 51.5 Å². The minimum absolute atomic E-state index is 0.237. The van der Waals surface area contributed by atoms with Gasteiger partial charge in [0.2, 0.25) is 0 Å². The molecule has 2 aliphatic rings. The Balaban J connectivity index is 1.34. The minimum Gasteiger partial charge on any atom is -0.381 e. The van der Waals surface area contributed by atoms with E-state index in [1.165, 1.54) is 10.8 Å². The summed E-state index contributed by atoms with van der Waals surface area (Å²) in [4.78, 5) is 30.6. The third-order valence-electron chi connectivity index (χ3n) is 5.82. The van der Waals surface area contributed by atoms with Crippen molar-refractivity contribution in [3.63, 3.8) is 0 Å². The Hall–Kier alpha value is -2.75. The Morgan fingerprint density at radius 3 is 2.84 bits per heavy atom. The molecule has 2 aromatic rings. The molecule has 2 atom stereocenters. The number of morpholine rings is 1. The summed E-state index contributed by atoms with van der Waals surface area (Å²) >= 11 is 0. The quantitative estimate of drug-likeness (QED) is 0.688. The van der Waals surface area contributed by atoms with Crippen molar-refractivity contribution in [2.24, 2.45) is 5.92 Å². The molecule has 1 aromatic carbocycles. The minimum atomic E-state index is -0.302. The lowest BCUT2D eigenvalue weighted by atomic mass is 9.97. The van der Waals surface area contributed by atoms with E-state index in [1.807, 2.05) is 24.3 Å². The summed E-state index contributed by atoms with van der Waals surface area (Å²) in [6.07, 6.45) is 4.19. The Morgan fingerprint density at radius 2 is 2.06 bits per heavy atom. The highest BCUT2D eigenvalue weighted by Crippen LogP contribution is 2.22. The smallest absolute Gasteiger partial charge is 0.347 e. The van der Waals surface area contributed by atoms with Gasteiger partial charge in [-0.1, -0.05) is 12.1 Å². The summed E-state index contributed by atoms with van der Waals surface area (Å²) < 4.78 is 12.6. The number of carbonyl (C=O) groups excluding carboxylic acids is 1. The van der Waals surface area contributed by atoms with E-state index < -0.39 is 0 Å².